The fourth-order valence-electron chi connectivity index (χ4n) is 1.10. The molecular formula is C10H15NS. The van der Waals surface area contributed by atoms with E-state index in [0.717, 1.165) is 0 Å². The van der Waals surface area contributed by atoms with Crippen LogP contribution in [0.15, 0.2) is 30.3 Å². The highest BCUT2D eigenvalue weighted by Crippen LogP contribution is 2.04. The minimum atomic E-state index is 1.19. The minimum absolute atomic E-state index is 1.19. The first-order valence-electron chi connectivity index (χ1n) is 4.26. The zero-order valence-corrected chi connectivity index (χ0v) is 8.23. The van der Waals surface area contributed by atoms with Gasteiger partial charge in [-0.3, -0.25) is 4.72 Å². The molecule has 0 atom stereocenters. The highest BCUT2D eigenvalue weighted by atomic mass is 32.2. The predicted octanol–water partition coefficient (Wildman–Crippen LogP) is 2.49. The van der Waals surface area contributed by atoms with E-state index in [4.69, 9.17) is 0 Å². The molecule has 2 heteroatoms. The first-order chi connectivity index (χ1) is 5.93. The standard InChI is InChI=1S/C10H15NS/c1-11-12-9-5-8-10-6-3-2-4-7-10/h2-4,6-7,11H,5,8-9H2,1H3. The Balaban J connectivity index is 2.16. The predicted molar refractivity (Wildman–Crippen MR) is 56.3 cm³/mol. The summed E-state index contributed by atoms with van der Waals surface area (Å²) in [6, 6.07) is 10.6. The van der Waals surface area contributed by atoms with E-state index >= 15 is 0 Å². The van der Waals surface area contributed by atoms with Crippen LogP contribution in [0.1, 0.15) is 12.0 Å². The minimum Gasteiger partial charge on any atom is -0.267 e. The Morgan fingerprint density at radius 2 is 2.00 bits per heavy atom. The van der Waals surface area contributed by atoms with Crippen LogP contribution in [0, 0.1) is 0 Å². The van der Waals surface area contributed by atoms with Crippen molar-refractivity contribution in [2.24, 2.45) is 0 Å². The Morgan fingerprint density at radius 3 is 2.67 bits per heavy atom. The van der Waals surface area contributed by atoms with Crippen molar-refractivity contribution in [3.8, 4) is 0 Å². The number of hydrogen-bond acceptors (Lipinski definition) is 2. The molecule has 0 unspecified atom stereocenters. The third-order valence-corrected chi connectivity index (χ3v) is 2.48. The van der Waals surface area contributed by atoms with Gasteiger partial charge in [-0.15, -0.1) is 0 Å². The molecule has 0 aliphatic rings. The third kappa shape index (κ3) is 3.79. The highest BCUT2D eigenvalue weighted by Gasteiger charge is 1.90. The van der Waals surface area contributed by atoms with Crippen LogP contribution in [0.25, 0.3) is 0 Å². The zero-order valence-electron chi connectivity index (χ0n) is 7.42. The average molecular weight is 181 g/mol. The molecular weight excluding hydrogens is 166 g/mol. The molecule has 12 heavy (non-hydrogen) atoms. The molecule has 0 radical (unpaired) electrons. The SMILES string of the molecule is CNSCCCc1ccccc1. The lowest BCUT2D eigenvalue weighted by Crippen LogP contribution is -1.95. The van der Waals surface area contributed by atoms with Crippen molar-refractivity contribution in [2.75, 3.05) is 12.8 Å². The van der Waals surface area contributed by atoms with Gasteiger partial charge >= 0.3 is 0 Å². The quantitative estimate of drug-likeness (QED) is 0.553. The number of benzene rings is 1. The number of rotatable bonds is 5. The molecule has 0 aliphatic heterocycles. The van der Waals surface area contributed by atoms with Crippen LogP contribution in [0.3, 0.4) is 0 Å². The van der Waals surface area contributed by atoms with Gasteiger partial charge in [-0.1, -0.05) is 42.3 Å². The average Bonchev–Trinajstić information content (AvgIpc) is 2.14. The Kier molecular flexibility index (Phi) is 4.88. The third-order valence-electron chi connectivity index (χ3n) is 1.70. The summed E-state index contributed by atoms with van der Waals surface area (Å²) in [6.45, 7) is 0. The van der Waals surface area contributed by atoms with E-state index in [2.05, 4.69) is 35.1 Å². The first kappa shape index (κ1) is 9.62. The van der Waals surface area contributed by atoms with Crippen molar-refractivity contribution >= 4 is 11.9 Å². The Labute approximate surface area is 78.7 Å². The molecule has 1 nitrogen and oxygen atoms in total. The number of aryl methyl sites for hydroxylation is 1. The topological polar surface area (TPSA) is 12.0 Å². The van der Waals surface area contributed by atoms with Crippen LogP contribution < -0.4 is 4.72 Å². The fourth-order valence-corrected chi connectivity index (χ4v) is 1.59. The van der Waals surface area contributed by atoms with Gasteiger partial charge in [0, 0.05) is 5.75 Å². The van der Waals surface area contributed by atoms with E-state index < -0.39 is 0 Å². The molecule has 0 aliphatic carbocycles. The summed E-state index contributed by atoms with van der Waals surface area (Å²) in [5, 5.41) is 0. The maximum absolute atomic E-state index is 3.07. The van der Waals surface area contributed by atoms with E-state index in [1.807, 2.05) is 7.05 Å². The molecule has 1 rings (SSSR count). The van der Waals surface area contributed by atoms with Crippen LogP contribution >= 0.6 is 11.9 Å². The molecule has 0 spiro atoms. The van der Waals surface area contributed by atoms with Crippen LogP contribution in [0.4, 0.5) is 0 Å². The van der Waals surface area contributed by atoms with Gasteiger partial charge in [0.25, 0.3) is 0 Å². The Morgan fingerprint density at radius 1 is 1.25 bits per heavy atom. The highest BCUT2D eigenvalue weighted by molar-refractivity contribution is 7.97. The van der Waals surface area contributed by atoms with Gasteiger partial charge in [0.1, 0.15) is 0 Å². The maximum atomic E-state index is 3.07. The van der Waals surface area contributed by atoms with Gasteiger partial charge in [-0.2, -0.15) is 0 Å². The molecule has 0 fully saturated rings. The lowest BCUT2D eigenvalue weighted by Gasteiger charge is -1.99. The van der Waals surface area contributed by atoms with Gasteiger partial charge in [0.2, 0.25) is 0 Å². The normalized spacial score (nSPS) is 10.1. The summed E-state index contributed by atoms with van der Waals surface area (Å²) in [7, 11) is 1.97. The summed E-state index contributed by atoms with van der Waals surface area (Å²) in [6.07, 6.45) is 2.44. The lowest BCUT2D eigenvalue weighted by molar-refractivity contribution is 0.930. The first-order valence-corrected chi connectivity index (χ1v) is 5.24. The van der Waals surface area contributed by atoms with Crippen LogP contribution in [-0.2, 0) is 6.42 Å². The molecule has 0 aromatic heterocycles. The Bertz CT molecular complexity index is 198. The van der Waals surface area contributed by atoms with Gasteiger partial charge < -0.3 is 0 Å². The van der Waals surface area contributed by atoms with E-state index in [0.29, 0.717) is 0 Å². The second kappa shape index (κ2) is 6.09. The van der Waals surface area contributed by atoms with Crippen molar-refractivity contribution in [1.29, 1.82) is 0 Å². The van der Waals surface area contributed by atoms with Crippen molar-refractivity contribution in [2.45, 2.75) is 12.8 Å². The van der Waals surface area contributed by atoms with Gasteiger partial charge in [-0.25, -0.2) is 0 Å². The van der Waals surface area contributed by atoms with E-state index in [-0.39, 0.29) is 0 Å². The molecule has 66 valence electrons. The van der Waals surface area contributed by atoms with Crippen molar-refractivity contribution in [3.63, 3.8) is 0 Å². The summed E-state index contributed by atoms with van der Waals surface area (Å²) in [5.41, 5.74) is 1.44. The molecule has 0 amide bonds. The van der Waals surface area contributed by atoms with Crippen molar-refractivity contribution in [3.05, 3.63) is 35.9 Å². The summed E-state index contributed by atoms with van der Waals surface area (Å²) in [4.78, 5) is 0. The van der Waals surface area contributed by atoms with E-state index in [1.54, 1.807) is 11.9 Å². The summed E-state index contributed by atoms with van der Waals surface area (Å²) in [5.74, 6) is 1.19. The molecule has 0 heterocycles. The van der Waals surface area contributed by atoms with Crippen LogP contribution in [0.2, 0.25) is 0 Å². The molecule has 1 N–H and O–H groups in total. The molecule has 0 saturated heterocycles. The lowest BCUT2D eigenvalue weighted by atomic mass is 10.1. The van der Waals surface area contributed by atoms with Gasteiger partial charge in [-0.05, 0) is 25.5 Å². The smallest absolute Gasteiger partial charge is 0.00817 e. The Hall–Kier alpha value is -0.470. The van der Waals surface area contributed by atoms with Crippen LogP contribution in [-0.4, -0.2) is 12.8 Å². The van der Waals surface area contributed by atoms with Crippen LogP contribution in [0.5, 0.6) is 0 Å². The second-order valence-corrected chi connectivity index (χ2v) is 3.75. The summed E-state index contributed by atoms with van der Waals surface area (Å²) < 4.78 is 3.07. The number of hydrogen-bond donors (Lipinski definition) is 1. The van der Waals surface area contributed by atoms with Crippen molar-refractivity contribution in [1.82, 2.24) is 4.72 Å². The largest absolute Gasteiger partial charge is 0.267 e. The molecule has 0 bridgehead atoms. The zero-order chi connectivity index (χ0) is 8.65. The maximum Gasteiger partial charge on any atom is 0.00817 e. The molecule has 1 aromatic carbocycles. The fraction of sp³-hybridized carbons (Fsp3) is 0.400. The number of nitrogens with one attached hydrogen (secondary N) is 1. The van der Waals surface area contributed by atoms with E-state index in [9.17, 15) is 0 Å². The molecule has 0 saturated carbocycles. The van der Waals surface area contributed by atoms with Gasteiger partial charge in [0.15, 0.2) is 0 Å². The van der Waals surface area contributed by atoms with Gasteiger partial charge in [0.05, 0.1) is 0 Å². The van der Waals surface area contributed by atoms with Crippen molar-refractivity contribution < 1.29 is 0 Å². The monoisotopic (exact) mass is 181 g/mol. The van der Waals surface area contributed by atoms with E-state index in [1.165, 1.54) is 24.2 Å². The second-order valence-electron chi connectivity index (χ2n) is 2.64. The summed E-state index contributed by atoms with van der Waals surface area (Å²) >= 11 is 1.78. The molecule has 1 aromatic rings.